The quantitative estimate of drug-likeness (QED) is 0.433. The molecule has 1 amide bonds. The van der Waals surface area contributed by atoms with Crippen molar-refractivity contribution < 1.29 is 26.7 Å². The SMILES string of the molecule is C=Cc1cn2c(CC3CCC(F)(F)CC3)c(C(F)(F)F)nc2cc1C(=O)Nc1ccccc1. The predicted octanol–water partition coefficient (Wildman–Crippen LogP) is 6.62. The van der Waals surface area contributed by atoms with E-state index in [0.717, 1.165) is 0 Å². The molecule has 0 aliphatic heterocycles. The summed E-state index contributed by atoms with van der Waals surface area (Å²) in [5.74, 6) is -3.58. The molecule has 33 heavy (non-hydrogen) atoms. The Morgan fingerprint density at radius 2 is 1.88 bits per heavy atom. The van der Waals surface area contributed by atoms with Crippen LogP contribution < -0.4 is 5.32 Å². The Morgan fingerprint density at radius 1 is 1.21 bits per heavy atom. The number of imidazole rings is 1. The summed E-state index contributed by atoms with van der Waals surface area (Å²) in [7, 11) is 0. The standard InChI is InChI=1S/C24H22F5N3O/c1-2-16-14-32-19(12-15-8-10-23(25,26)11-9-15)21(24(27,28)29)31-20(32)13-18(16)22(33)30-17-6-4-3-5-7-17/h2-7,13-15H,1,8-12H2,(H,30,33). The van der Waals surface area contributed by atoms with Gasteiger partial charge in [-0.1, -0.05) is 30.9 Å². The van der Waals surface area contributed by atoms with Crippen LogP contribution in [0.3, 0.4) is 0 Å². The third kappa shape index (κ3) is 4.91. The van der Waals surface area contributed by atoms with Gasteiger partial charge in [-0.15, -0.1) is 0 Å². The number of hydrogen-bond acceptors (Lipinski definition) is 2. The Morgan fingerprint density at radius 3 is 2.48 bits per heavy atom. The number of amides is 1. The molecule has 0 radical (unpaired) electrons. The number of rotatable bonds is 5. The summed E-state index contributed by atoms with van der Waals surface area (Å²) in [5, 5.41) is 2.71. The van der Waals surface area contributed by atoms with Gasteiger partial charge in [0.05, 0.1) is 11.3 Å². The molecule has 0 unspecified atom stereocenters. The van der Waals surface area contributed by atoms with Crippen LogP contribution in [-0.2, 0) is 12.6 Å². The van der Waals surface area contributed by atoms with Crippen molar-refractivity contribution in [2.75, 3.05) is 5.32 Å². The lowest BCUT2D eigenvalue weighted by Crippen LogP contribution is -2.26. The maximum atomic E-state index is 13.8. The molecule has 0 atom stereocenters. The fourth-order valence-electron chi connectivity index (χ4n) is 4.23. The van der Waals surface area contributed by atoms with Gasteiger partial charge in [0.2, 0.25) is 5.92 Å². The summed E-state index contributed by atoms with van der Waals surface area (Å²) in [5.41, 5.74) is -0.197. The number of nitrogens with one attached hydrogen (secondary N) is 1. The van der Waals surface area contributed by atoms with Gasteiger partial charge in [-0.2, -0.15) is 13.2 Å². The molecule has 2 heterocycles. The highest BCUT2D eigenvalue weighted by atomic mass is 19.4. The second-order valence-electron chi connectivity index (χ2n) is 8.30. The zero-order valence-electron chi connectivity index (χ0n) is 17.6. The van der Waals surface area contributed by atoms with Gasteiger partial charge in [-0.05, 0) is 43.4 Å². The summed E-state index contributed by atoms with van der Waals surface area (Å²) in [6.45, 7) is 3.69. The summed E-state index contributed by atoms with van der Waals surface area (Å²) < 4.78 is 69.7. The van der Waals surface area contributed by atoms with E-state index in [-0.39, 0.29) is 54.9 Å². The molecule has 0 spiro atoms. The van der Waals surface area contributed by atoms with E-state index in [1.165, 1.54) is 22.7 Å². The first-order chi connectivity index (χ1) is 15.6. The van der Waals surface area contributed by atoms with Crippen LogP contribution in [0.1, 0.15) is 53.0 Å². The summed E-state index contributed by atoms with van der Waals surface area (Å²) >= 11 is 0. The lowest BCUT2D eigenvalue weighted by Gasteiger charge is -2.28. The molecule has 1 saturated carbocycles. The molecule has 0 saturated heterocycles. The zero-order valence-corrected chi connectivity index (χ0v) is 17.6. The van der Waals surface area contributed by atoms with Gasteiger partial charge >= 0.3 is 6.18 Å². The Labute approximate surface area is 187 Å². The van der Waals surface area contributed by atoms with Crippen molar-refractivity contribution in [2.45, 2.75) is 44.2 Å². The molecule has 3 aromatic rings. The van der Waals surface area contributed by atoms with E-state index in [1.54, 1.807) is 30.3 Å². The van der Waals surface area contributed by atoms with Crippen LogP contribution in [0.25, 0.3) is 11.7 Å². The molecular formula is C24H22F5N3O. The molecule has 4 rings (SSSR count). The molecule has 1 aromatic carbocycles. The molecule has 1 N–H and O–H groups in total. The topological polar surface area (TPSA) is 46.4 Å². The number of para-hydroxylation sites is 1. The Hall–Kier alpha value is -3.23. The molecule has 9 heteroatoms. The van der Waals surface area contributed by atoms with Gasteiger partial charge in [0.1, 0.15) is 5.65 Å². The second-order valence-corrected chi connectivity index (χ2v) is 8.30. The number of halogens is 5. The minimum atomic E-state index is -4.72. The average Bonchev–Trinajstić information content (AvgIpc) is 3.12. The van der Waals surface area contributed by atoms with Crippen LogP contribution in [0.5, 0.6) is 0 Å². The van der Waals surface area contributed by atoms with E-state index < -0.39 is 23.7 Å². The third-order valence-electron chi connectivity index (χ3n) is 5.97. The normalized spacial score (nSPS) is 16.6. The summed E-state index contributed by atoms with van der Waals surface area (Å²) in [6.07, 6.45) is -2.35. The first-order valence-corrected chi connectivity index (χ1v) is 10.6. The van der Waals surface area contributed by atoms with Gasteiger partial charge < -0.3 is 9.72 Å². The van der Waals surface area contributed by atoms with Crippen LogP contribution in [0.4, 0.5) is 27.6 Å². The monoisotopic (exact) mass is 463 g/mol. The Balaban J connectivity index is 1.73. The minimum Gasteiger partial charge on any atom is -0.322 e. The van der Waals surface area contributed by atoms with Crippen molar-refractivity contribution in [3.8, 4) is 0 Å². The number of nitrogens with zero attached hydrogens (tertiary/aromatic N) is 2. The number of alkyl halides is 5. The van der Waals surface area contributed by atoms with Crippen LogP contribution in [-0.4, -0.2) is 21.2 Å². The van der Waals surface area contributed by atoms with Gasteiger partial charge in [-0.25, -0.2) is 13.8 Å². The molecule has 1 fully saturated rings. The second kappa shape index (κ2) is 8.61. The Bertz CT molecular complexity index is 1170. The van der Waals surface area contributed by atoms with Crippen molar-refractivity contribution in [3.05, 3.63) is 71.7 Å². The summed E-state index contributed by atoms with van der Waals surface area (Å²) in [6, 6.07) is 9.94. The molecule has 174 valence electrons. The van der Waals surface area contributed by atoms with E-state index >= 15 is 0 Å². The van der Waals surface area contributed by atoms with Crippen molar-refractivity contribution in [3.63, 3.8) is 0 Å². The van der Waals surface area contributed by atoms with Crippen LogP contribution in [0.2, 0.25) is 0 Å². The molecule has 1 aliphatic rings. The van der Waals surface area contributed by atoms with Crippen LogP contribution in [0.15, 0.2) is 49.2 Å². The van der Waals surface area contributed by atoms with Crippen LogP contribution >= 0.6 is 0 Å². The number of pyridine rings is 1. The number of fused-ring (bicyclic) bond motifs is 1. The smallest absolute Gasteiger partial charge is 0.322 e. The number of anilines is 1. The van der Waals surface area contributed by atoms with Gasteiger partial charge in [0.15, 0.2) is 5.69 Å². The first-order valence-electron chi connectivity index (χ1n) is 10.6. The Kier molecular flexibility index (Phi) is 5.99. The lowest BCUT2D eigenvalue weighted by molar-refractivity contribution is -0.141. The molecular weight excluding hydrogens is 441 g/mol. The number of carbonyl (C=O) groups excluding carboxylic acids is 1. The maximum Gasteiger partial charge on any atom is 0.435 e. The van der Waals surface area contributed by atoms with Gasteiger partial charge in [0.25, 0.3) is 5.91 Å². The van der Waals surface area contributed by atoms with Crippen molar-refractivity contribution in [1.82, 2.24) is 9.38 Å². The molecule has 2 aromatic heterocycles. The van der Waals surface area contributed by atoms with E-state index in [9.17, 15) is 26.7 Å². The fraction of sp³-hybridized carbons (Fsp3) is 0.333. The highest BCUT2D eigenvalue weighted by Crippen LogP contribution is 2.40. The predicted molar refractivity (Wildman–Crippen MR) is 115 cm³/mol. The van der Waals surface area contributed by atoms with Crippen molar-refractivity contribution in [1.29, 1.82) is 0 Å². The zero-order chi connectivity index (χ0) is 23.8. The average molecular weight is 463 g/mol. The van der Waals surface area contributed by atoms with Gasteiger partial charge in [0, 0.05) is 30.3 Å². The highest BCUT2D eigenvalue weighted by molar-refractivity contribution is 6.07. The lowest BCUT2D eigenvalue weighted by atomic mass is 9.83. The fourth-order valence-corrected chi connectivity index (χ4v) is 4.23. The van der Waals surface area contributed by atoms with E-state index in [0.29, 0.717) is 11.3 Å². The van der Waals surface area contributed by atoms with Crippen molar-refractivity contribution >= 4 is 23.3 Å². The largest absolute Gasteiger partial charge is 0.435 e. The van der Waals surface area contributed by atoms with E-state index in [2.05, 4.69) is 16.9 Å². The molecule has 0 bridgehead atoms. The first kappa shape index (κ1) is 22.9. The minimum absolute atomic E-state index is 0.0295. The summed E-state index contributed by atoms with van der Waals surface area (Å²) in [4.78, 5) is 16.6. The van der Waals surface area contributed by atoms with E-state index in [4.69, 9.17) is 0 Å². The molecule has 4 nitrogen and oxygen atoms in total. The third-order valence-corrected chi connectivity index (χ3v) is 5.97. The molecule has 1 aliphatic carbocycles. The number of benzene rings is 1. The number of carbonyl (C=O) groups is 1. The maximum absolute atomic E-state index is 13.8. The number of aromatic nitrogens is 2. The van der Waals surface area contributed by atoms with Crippen LogP contribution in [0, 0.1) is 5.92 Å². The van der Waals surface area contributed by atoms with E-state index in [1.807, 2.05) is 0 Å². The number of hydrogen-bond donors (Lipinski definition) is 1. The van der Waals surface area contributed by atoms with Crippen molar-refractivity contribution in [2.24, 2.45) is 5.92 Å². The highest BCUT2D eigenvalue weighted by Gasteiger charge is 2.40. The van der Waals surface area contributed by atoms with Gasteiger partial charge in [-0.3, -0.25) is 4.79 Å².